The van der Waals surface area contributed by atoms with Crippen molar-refractivity contribution in [1.82, 2.24) is 0 Å². The van der Waals surface area contributed by atoms with Gasteiger partial charge in [0, 0.05) is 0 Å². The topological polar surface area (TPSA) is 71.1 Å². The molecule has 0 saturated carbocycles. The quantitative estimate of drug-likeness (QED) is 0.696. The van der Waals surface area contributed by atoms with Crippen molar-refractivity contribution >= 4 is 12.3 Å². The van der Waals surface area contributed by atoms with E-state index < -0.39 is 18.4 Å². The Morgan fingerprint density at radius 2 is 1.29 bits per heavy atom. The molecule has 6 heteroatoms. The second-order valence-corrected chi connectivity index (χ2v) is 4.07. The second kappa shape index (κ2) is 7.76. The summed E-state index contributed by atoms with van der Waals surface area (Å²) < 4.78 is 19.0. The molecule has 0 fully saturated rings. The van der Waals surface area contributed by atoms with Gasteiger partial charge in [-0.15, -0.1) is 0 Å². The maximum absolute atomic E-state index is 11.1. The maximum Gasteiger partial charge on any atom is 0.508 e. The fourth-order valence-electron chi connectivity index (χ4n) is 0.830. The van der Waals surface area contributed by atoms with Crippen molar-refractivity contribution in [2.24, 2.45) is 0 Å². The highest BCUT2D eigenvalue weighted by Gasteiger charge is 2.15. The molecule has 0 N–H and O–H groups in total. The Balaban J connectivity index is 3.75. The Labute approximate surface area is 101 Å². The molecular formula is C11H20O6. The van der Waals surface area contributed by atoms with Crippen LogP contribution in [0.15, 0.2) is 0 Å². The van der Waals surface area contributed by atoms with Crippen molar-refractivity contribution in [1.29, 1.82) is 0 Å². The predicted molar refractivity (Wildman–Crippen MR) is 59.7 cm³/mol. The largest absolute Gasteiger partial charge is 0.508 e. The summed E-state index contributed by atoms with van der Waals surface area (Å²) in [6.45, 7) is 8.36. The zero-order chi connectivity index (χ0) is 13.4. The lowest BCUT2D eigenvalue weighted by Crippen LogP contribution is -2.25. The lowest BCUT2D eigenvalue weighted by Gasteiger charge is -2.15. The number of rotatable bonds is 5. The zero-order valence-electron chi connectivity index (χ0n) is 10.9. The van der Waals surface area contributed by atoms with Gasteiger partial charge in [-0.1, -0.05) is 0 Å². The third-order valence-electron chi connectivity index (χ3n) is 1.40. The fraction of sp³-hybridized carbons (Fsp3) is 0.818. The summed E-state index contributed by atoms with van der Waals surface area (Å²) in [5, 5.41) is 0. The van der Waals surface area contributed by atoms with Crippen LogP contribution in [0, 0.1) is 0 Å². The molecule has 0 aliphatic rings. The van der Waals surface area contributed by atoms with Crippen LogP contribution in [0.25, 0.3) is 0 Å². The highest BCUT2D eigenvalue weighted by atomic mass is 16.8. The van der Waals surface area contributed by atoms with Gasteiger partial charge in [-0.25, -0.2) is 9.59 Å². The molecule has 0 radical (unpaired) electrons. The van der Waals surface area contributed by atoms with E-state index in [2.05, 4.69) is 0 Å². The van der Waals surface area contributed by atoms with E-state index in [1.54, 1.807) is 34.6 Å². The highest BCUT2D eigenvalue weighted by molar-refractivity contribution is 5.61. The number of hydrogen-bond acceptors (Lipinski definition) is 6. The molecular weight excluding hydrogens is 228 g/mol. The van der Waals surface area contributed by atoms with Gasteiger partial charge in [0.15, 0.2) is 0 Å². The summed E-state index contributed by atoms with van der Waals surface area (Å²) in [6, 6.07) is 0. The van der Waals surface area contributed by atoms with Crippen molar-refractivity contribution in [3.05, 3.63) is 0 Å². The first-order valence-corrected chi connectivity index (χ1v) is 5.52. The van der Waals surface area contributed by atoms with Gasteiger partial charge in [0.2, 0.25) is 0 Å². The van der Waals surface area contributed by atoms with Gasteiger partial charge < -0.3 is 18.9 Å². The van der Waals surface area contributed by atoms with Gasteiger partial charge in [0.25, 0.3) is 0 Å². The molecule has 0 saturated heterocycles. The van der Waals surface area contributed by atoms with Gasteiger partial charge in [0.05, 0.1) is 12.2 Å². The zero-order valence-corrected chi connectivity index (χ0v) is 10.9. The Morgan fingerprint density at radius 1 is 0.824 bits per heavy atom. The Kier molecular flexibility index (Phi) is 7.09. The molecule has 0 bridgehead atoms. The lowest BCUT2D eigenvalue weighted by molar-refractivity contribution is -0.0240. The van der Waals surface area contributed by atoms with E-state index in [1.165, 1.54) is 0 Å². The molecule has 6 nitrogen and oxygen atoms in total. The first-order valence-electron chi connectivity index (χ1n) is 5.52. The van der Waals surface area contributed by atoms with E-state index in [1.807, 2.05) is 0 Å². The second-order valence-electron chi connectivity index (χ2n) is 4.07. The summed E-state index contributed by atoms with van der Waals surface area (Å²) >= 11 is 0. The SMILES string of the molecule is CC(C)OC(=O)OCC(C)OC(=O)OC(C)C. The molecule has 0 aliphatic carbocycles. The average molecular weight is 248 g/mol. The van der Waals surface area contributed by atoms with Crippen molar-refractivity contribution in [3.63, 3.8) is 0 Å². The summed E-state index contributed by atoms with van der Waals surface area (Å²) in [5.74, 6) is 0. The summed E-state index contributed by atoms with van der Waals surface area (Å²) in [4.78, 5) is 22.1. The number of carbonyl (C=O) groups excluding carboxylic acids is 2. The van der Waals surface area contributed by atoms with Crippen LogP contribution in [-0.4, -0.2) is 37.2 Å². The van der Waals surface area contributed by atoms with Crippen molar-refractivity contribution in [2.75, 3.05) is 6.61 Å². The molecule has 0 amide bonds. The molecule has 0 spiro atoms. The van der Waals surface area contributed by atoms with Crippen molar-refractivity contribution in [2.45, 2.75) is 52.9 Å². The molecule has 0 aromatic rings. The predicted octanol–water partition coefficient (Wildman–Crippen LogP) is 2.50. The smallest absolute Gasteiger partial charge is 0.432 e. The minimum absolute atomic E-state index is 0.0707. The summed E-state index contributed by atoms with van der Waals surface area (Å²) in [6.07, 6.45) is -2.65. The summed E-state index contributed by atoms with van der Waals surface area (Å²) in [5.41, 5.74) is 0. The van der Waals surface area contributed by atoms with Crippen LogP contribution in [0.5, 0.6) is 0 Å². The van der Waals surface area contributed by atoms with E-state index in [0.717, 1.165) is 0 Å². The number of carbonyl (C=O) groups is 2. The minimum atomic E-state index is -0.785. The molecule has 1 atom stereocenters. The first kappa shape index (κ1) is 15.5. The van der Waals surface area contributed by atoms with Gasteiger partial charge >= 0.3 is 12.3 Å². The number of hydrogen-bond donors (Lipinski definition) is 0. The Morgan fingerprint density at radius 3 is 1.76 bits per heavy atom. The molecule has 0 aromatic carbocycles. The van der Waals surface area contributed by atoms with Crippen molar-refractivity contribution < 1.29 is 28.5 Å². The van der Waals surface area contributed by atoms with Crippen molar-refractivity contribution in [3.8, 4) is 0 Å². The van der Waals surface area contributed by atoms with Crippen LogP contribution in [-0.2, 0) is 18.9 Å². The first-order chi connectivity index (χ1) is 7.81. The molecule has 1 unspecified atom stereocenters. The Hall–Kier alpha value is -1.46. The molecule has 0 heterocycles. The standard InChI is InChI=1S/C11H20O6/c1-7(2)15-10(12)14-6-9(5)17-11(13)16-8(3)4/h7-9H,6H2,1-5H3. The van der Waals surface area contributed by atoms with Crippen LogP contribution >= 0.6 is 0 Å². The van der Waals surface area contributed by atoms with Gasteiger partial charge in [-0.05, 0) is 34.6 Å². The van der Waals surface area contributed by atoms with E-state index in [9.17, 15) is 9.59 Å². The van der Waals surface area contributed by atoms with Crippen LogP contribution in [0.1, 0.15) is 34.6 Å². The normalized spacial score (nSPS) is 12.2. The van der Waals surface area contributed by atoms with Crippen LogP contribution in [0.4, 0.5) is 9.59 Å². The van der Waals surface area contributed by atoms with E-state index in [4.69, 9.17) is 18.9 Å². The van der Waals surface area contributed by atoms with E-state index >= 15 is 0 Å². The molecule has 17 heavy (non-hydrogen) atoms. The fourth-order valence-corrected chi connectivity index (χ4v) is 0.830. The average Bonchev–Trinajstić information content (AvgIpc) is 2.12. The highest BCUT2D eigenvalue weighted by Crippen LogP contribution is 2.00. The third kappa shape index (κ3) is 9.47. The lowest BCUT2D eigenvalue weighted by atomic mass is 10.4. The van der Waals surface area contributed by atoms with E-state index in [0.29, 0.717) is 0 Å². The molecule has 0 aromatic heterocycles. The van der Waals surface area contributed by atoms with Crippen LogP contribution in [0.3, 0.4) is 0 Å². The van der Waals surface area contributed by atoms with Crippen LogP contribution < -0.4 is 0 Å². The minimum Gasteiger partial charge on any atom is -0.432 e. The van der Waals surface area contributed by atoms with E-state index in [-0.39, 0.29) is 18.8 Å². The number of ether oxygens (including phenoxy) is 4. The molecule has 100 valence electrons. The van der Waals surface area contributed by atoms with Gasteiger partial charge in [0.1, 0.15) is 12.7 Å². The van der Waals surface area contributed by atoms with Gasteiger partial charge in [-0.3, -0.25) is 0 Å². The third-order valence-corrected chi connectivity index (χ3v) is 1.40. The summed E-state index contributed by atoms with van der Waals surface area (Å²) in [7, 11) is 0. The monoisotopic (exact) mass is 248 g/mol. The molecule has 0 rings (SSSR count). The van der Waals surface area contributed by atoms with Gasteiger partial charge in [-0.2, -0.15) is 0 Å². The Bertz CT molecular complexity index is 248. The maximum atomic E-state index is 11.1. The molecule has 0 aliphatic heterocycles. The van der Waals surface area contributed by atoms with Crippen LogP contribution in [0.2, 0.25) is 0 Å².